The number of nitrogens with two attached hydrogens (primary N) is 1. The second-order valence-corrected chi connectivity index (χ2v) is 3.23. The monoisotopic (exact) mass is 181 g/mol. The predicted octanol–water partition coefficient (Wildman–Crippen LogP) is 0.807. The first-order valence-electron chi connectivity index (χ1n) is 4.30. The first-order valence-corrected chi connectivity index (χ1v) is 4.30. The summed E-state index contributed by atoms with van der Waals surface area (Å²) in [6.07, 6.45) is 2.49. The number of carbonyl (C=O) groups excluding carboxylic acids is 1. The van der Waals surface area contributed by atoms with Gasteiger partial charge in [-0.2, -0.15) is 0 Å². The van der Waals surface area contributed by atoms with Gasteiger partial charge in [-0.15, -0.1) is 0 Å². The minimum atomic E-state index is 0.134. The van der Waals surface area contributed by atoms with Gasteiger partial charge in [0, 0.05) is 25.6 Å². The first kappa shape index (κ1) is 10.2. The molecule has 72 valence electrons. The van der Waals surface area contributed by atoms with Crippen molar-refractivity contribution in [2.45, 2.75) is 13.3 Å². The lowest BCUT2D eigenvalue weighted by atomic mass is 9.92. The largest absolute Gasteiger partial charge is 0.380 e. The van der Waals surface area contributed by atoms with Crippen LogP contribution in [0.25, 0.3) is 0 Å². The van der Waals surface area contributed by atoms with Gasteiger partial charge >= 0.3 is 0 Å². The maximum atomic E-state index is 11.5. The molecule has 0 saturated carbocycles. The van der Waals surface area contributed by atoms with E-state index < -0.39 is 0 Å². The molecule has 0 amide bonds. The number of methoxy groups -OCH3 is 1. The lowest BCUT2D eigenvalue weighted by Gasteiger charge is -2.15. The minimum Gasteiger partial charge on any atom is -0.380 e. The van der Waals surface area contributed by atoms with E-state index in [0.29, 0.717) is 25.1 Å². The van der Waals surface area contributed by atoms with Gasteiger partial charge in [-0.25, -0.2) is 0 Å². The van der Waals surface area contributed by atoms with Gasteiger partial charge in [0.1, 0.15) is 0 Å². The molecule has 13 heavy (non-hydrogen) atoms. The zero-order valence-electron chi connectivity index (χ0n) is 8.09. The minimum absolute atomic E-state index is 0.134. The van der Waals surface area contributed by atoms with E-state index in [-0.39, 0.29) is 5.78 Å². The Hall–Kier alpha value is -0.930. The zero-order chi connectivity index (χ0) is 9.84. The standard InChI is InChI=1S/C10H15NO2/c1-7-3-8(6-13-2)9(5-11)10(12)4-7/h3H,4-6,11H2,1-2H3. The van der Waals surface area contributed by atoms with E-state index in [1.165, 1.54) is 0 Å². The van der Waals surface area contributed by atoms with Gasteiger partial charge in [-0.1, -0.05) is 11.6 Å². The number of ketones is 1. The molecular formula is C10H15NO2. The maximum absolute atomic E-state index is 11.5. The molecule has 2 N–H and O–H groups in total. The molecule has 0 radical (unpaired) electrons. The molecule has 0 spiro atoms. The summed E-state index contributed by atoms with van der Waals surface area (Å²) in [5.41, 5.74) is 8.22. The predicted molar refractivity (Wildman–Crippen MR) is 51.3 cm³/mol. The highest BCUT2D eigenvalue weighted by Crippen LogP contribution is 2.20. The number of rotatable bonds is 3. The van der Waals surface area contributed by atoms with Crippen LogP contribution in [0.1, 0.15) is 13.3 Å². The van der Waals surface area contributed by atoms with Crippen LogP contribution in [-0.4, -0.2) is 26.0 Å². The van der Waals surface area contributed by atoms with Crippen molar-refractivity contribution < 1.29 is 9.53 Å². The van der Waals surface area contributed by atoms with Crippen molar-refractivity contribution in [3.8, 4) is 0 Å². The maximum Gasteiger partial charge on any atom is 0.164 e. The molecule has 0 aromatic heterocycles. The molecule has 1 aliphatic carbocycles. The van der Waals surface area contributed by atoms with Gasteiger partial charge in [0.05, 0.1) is 6.61 Å². The van der Waals surface area contributed by atoms with Gasteiger partial charge in [0.15, 0.2) is 5.78 Å². The van der Waals surface area contributed by atoms with Gasteiger partial charge in [0.2, 0.25) is 0 Å². The van der Waals surface area contributed by atoms with E-state index in [1.807, 2.05) is 13.0 Å². The van der Waals surface area contributed by atoms with Crippen molar-refractivity contribution in [3.05, 3.63) is 22.8 Å². The molecule has 0 unspecified atom stereocenters. The normalized spacial score (nSPS) is 17.8. The van der Waals surface area contributed by atoms with Crippen molar-refractivity contribution in [1.82, 2.24) is 0 Å². The fraction of sp³-hybridized carbons (Fsp3) is 0.500. The Morgan fingerprint density at radius 3 is 2.85 bits per heavy atom. The summed E-state index contributed by atoms with van der Waals surface area (Å²) < 4.78 is 5.00. The van der Waals surface area contributed by atoms with E-state index in [4.69, 9.17) is 10.5 Å². The molecule has 0 aromatic rings. The molecule has 0 aliphatic heterocycles. The van der Waals surface area contributed by atoms with E-state index >= 15 is 0 Å². The smallest absolute Gasteiger partial charge is 0.164 e. The third kappa shape index (κ3) is 2.26. The summed E-state index contributed by atoms with van der Waals surface area (Å²) in [6.45, 7) is 2.72. The van der Waals surface area contributed by atoms with E-state index in [0.717, 1.165) is 11.1 Å². The number of allylic oxidation sites excluding steroid dienone is 1. The molecule has 0 saturated heterocycles. The van der Waals surface area contributed by atoms with Crippen LogP contribution in [0.3, 0.4) is 0 Å². The van der Waals surface area contributed by atoms with Crippen LogP contribution in [0.15, 0.2) is 22.8 Å². The Labute approximate surface area is 78.3 Å². The van der Waals surface area contributed by atoms with Gasteiger partial charge in [0.25, 0.3) is 0 Å². The number of ether oxygens (including phenoxy) is 1. The van der Waals surface area contributed by atoms with Crippen molar-refractivity contribution in [3.63, 3.8) is 0 Å². The molecular weight excluding hydrogens is 166 g/mol. The fourth-order valence-electron chi connectivity index (χ4n) is 1.50. The summed E-state index contributed by atoms with van der Waals surface area (Å²) in [6, 6.07) is 0. The van der Waals surface area contributed by atoms with E-state index in [2.05, 4.69) is 0 Å². The quantitative estimate of drug-likeness (QED) is 0.701. The molecule has 0 fully saturated rings. The SMILES string of the molecule is COCC1=C(CN)C(=O)CC(C)=C1. The van der Waals surface area contributed by atoms with Crippen molar-refractivity contribution in [2.75, 3.05) is 20.3 Å². The van der Waals surface area contributed by atoms with Crippen molar-refractivity contribution >= 4 is 5.78 Å². The molecule has 3 heteroatoms. The lowest BCUT2D eigenvalue weighted by Crippen LogP contribution is -2.19. The lowest BCUT2D eigenvalue weighted by molar-refractivity contribution is -0.115. The molecule has 1 rings (SSSR count). The molecule has 0 atom stereocenters. The highest BCUT2D eigenvalue weighted by atomic mass is 16.5. The number of Topliss-reactive ketones (excluding diaryl/α,β-unsaturated/α-hetero) is 1. The van der Waals surface area contributed by atoms with E-state index in [1.54, 1.807) is 7.11 Å². The molecule has 0 heterocycles. The molecule has 3 nitrogen and oxygen atoms in total. The first-order chi connectivity index (χ1) is 6.19. The van der Waals surface area contributed by atoms with Crippen LogP contribution in [-0.2, 0) is 9.53 Å². The van der Waals surface area contributed by atoms with Crippen LogP contribution in [0, 0.1) is 0 Å². The Morgan fingerprint density at radius 2 is 2.31 bits per heavy atom. The third-order valence-electron chi connectivity index (χ3n) is 2.09. The summed E-state index contributed by atoms with van der Waals surface area (Å²) in [4.78, 5) is 11.5. The number of hydrogen-bond donors (Lipinski definition) is 1. The highest BCUT2D eigenvalue weighted by molar-refractivity contribution is 5.99. The Balaban J connectivity index is 2.97. The van der Waals surface area contributed by atoms with Crippen LogP contribution in [0.4, 0.5) is 0 Å². The topological polar surface area (TPSA) is 52.3 Å². The van der Waals surface area contributed by atoms with Crippen LogP contribution < -0.4 is 5.73 Å². The van der Waals surface area contributed by atoms with Gasteiger partial charge in [-0.3, -0.25) is 4.79 Å². The van der Waals surface area contributed by atoms with Gasteiger partial charge < -0.3 is 10.5 Å². The van der Waals surface area contributed by atoms with Crippen LogP contribution in [0.2, 0.25) is 0 Å². The average molecular weight is 181 g/mol. The second-order valence-electron chi connectivity index (χ2n) is 3.23. The third-order valence-corrected chi connectivity index (χ3v) is 2.09. The Morgan fingerprint density at radius 1 is 1.62 bits per heavy atom. The van der Waals surface area contributed by atoms with Crippen molar-refractivity contribution in [1.29, 1.82) is 0 Å². The molecule has 0 aromatic carbocycles. The second kappa shape index (κ2) is 4.35. The van der Waals surface area contributed by atoms with Crippen LogP contribution in [0.5, 0.6) is 0 Å². The molecule has 0 bridgehead atoms. The zero-order valence-corrected chi connectivity index (χ0v) is 8.09. The summed E-state index contributed by atoms with van der Waals surface area (Å²) in [7, 11) is 1.61. The molecule has 1 aliphatic rings. The Kier molecular flexibility index (Phi) is 3.39. The fourth-order valence-corrected chi connectivity index (χ4v) is 1.50. The summed E-state index contributed by atoms with van der Waals surface area (Å²) >= 11 is 0. The van der Waals surface area contributed by atoms with Crippen molar-refractivity contribution in [2.24, 2.45) is 5.73 Å². The Bertz CT molecular complexity index is 277. The van der Waals surface area contributed by atoms with Crippen LogP contribution >= 0.6 is 0 Å². The number of carbonyl (C=O) groups is 1. The summed E-state index contributed by atoms with van der Waals surface area (Å²) in [5, 5.41) is 0. The highest BCUT2D eigenvalue weighted by Gasteiger charge is 2.17. The van der Waals surface area contributed by atoms with Gasteiger partial charge in [-0.05, 0) is 12.5 Å². The number of hydrogen-bond acceptors (Lipinski definition) is 3. The summed E-state index contributed by atoms with van der Waals surface area (Å²) in [5.74, 6) is 0.134. The van der Waals surface area contributed by atoms with E-state index in [9.17, 15) is 4.79 Å². The average Bonchev–Trinajstić information content (AvgIpc) is 2.04.